The van der Waals surface area contributed by atoms with E-state index in [0.717, 1.165) is 17.5 Å². The Morgan fingerprint density at radius 1 is 0.913 bits per heavy atom. The minimum atomic E-state index is 0.189. The lowest BCUT2D eigenvalue weighted by Crippen LogP contribution is -2.49. The number of hydrogen-bond donors (Lipinski definition) is 1. The molecule has 1 aromatic carbocycles. The summed E-state index contributed by atoms with van der Waals surface area (Å²) in [5.74, 6) is 4.75. The number of anilines is 1. The predicted molar refractivity (Wildman–Crippen MR) is 88.7 cm³/mol. The third-order valence-electron chi connectivity index (χ3n) is 6.15. The second kappa shape index (κ2) is 5.73. The fourth-order valence-electron chi connectivity index (χ4n) is 5.46. The van der Waals surface area contributed by atoms with Crippen molar-refractivity contribution in [2.24, 2.45) is 29.6 Å². The molecule has 4 aliphatic carbocycles. The quantitative estimate of drug-likeness (QED) is 0.921. The van der Waals surface area contributed by atoms with Crippen LogP contribution < -0.4 is 14.8 Å². The van der Waals surface area contributed by atoms with Gasteiger partial charge in [-0.2, -0.15) is 0 Å². The number of nitrogens with one attached hydrogen (secondary N) is 1. The van der Waals surface area contributed by atoms with E-state index in [1.165, 1.54) is 32.1 Å². The molecule has 0 atom stereocenters. The van der Waals surface area contributed by atoms with Crippen LogP contribution in [0.5, 0.6) is 11.5 Å². The first-order valence-electron chi connectivity index (χ1n) is 8.70. The maximum Gasteiger partial charge on any atom is 0.228 e. The van der Waals surface area contributed by atoms with E-state index >= 15 is 0 Å². The summed E-state index contributed by atoms with van der Waals surface area (Å²) in [6.07, 6.45) is 6.44. The lowest BCUT2D eigenvalue weighted by atomic mass is 9.51. The average Bonchev–Trinajstić information content (AvgIpc) is 2.53. The van der Waals surface area contributed by atoms with Gasteiger partial charge < -0.3 is 14.8 Å². The predicted octanol–water partition coefficient (Wildman–Crippen LogP) is 3.71. The normalized spacial score (nSPS) is 34.3. The zero-order chi connectivity index (χ0) is 16.0. The molecule has 4 saturated carbocycles. The highest BCUT2D eigenvalue weighted by atomic mass is 16.5. The molecule has 0 aliphatic heterocycles. The topological polar surface area (TPSA) is 47.6 Å². The van der Waals surface area contributed by atoms with Crippen LogP contribution >= 0.6 is 0 Å². The third kappa shape index (κ3) is 2.68. The summed E-state index contributed by atoms with van der Waals surface area (Å²) >= 11 is 0. The van der Waals surface area contributed by atoms with Crippen molar-refractivity contribution in [2.75, 3.05) is 19.5 Å². The standard InChI is InChI=1S/C19H25NO3/c1-22-16-8-15(9-17(10-16)23-2)20-19(21)18-13-4-11-3-12(6-13)7-14(18)5-11/h8-14,18H,3-7H2,1-2H3,(H,20,21). The molecule has 4 nitrogen and oxygen atoms in total. The van der Waals surface area contributed by atoms with Crippen LogP contribution in [0.2, 0.25) is 0 Å². The Kier molecular flexibility index (Phi) is 3.70. The number of ether oxygens (including phenoxy) is 2. The molecule has 23 heavy (non-hydrogen) atoms. The highest BCUT2D eigenvalue weighted by Gasteiger charge is 2.50. The van der Waals surface area contributed by atoms with Crippen LogP contribution in [0.4, 0.5) is 5.69 Å². The van der Waals surface area contributed by atoms with Crippen LogP contribution in [0.3, 0.4) is 0 Å². The van der Waals surface area contributed by atoms with Crippen molar-refractivity contribution >= 4 is 11.6 Å². The minimum absolute atomic E-state index is 0.189. The van der Waals surface area contributed by atoms with Crippen LogP contribution in [0.25, 0.3) is 0 Å². The number of rotatable bonds is 4. The molecule has 0 saturated heterocycles. The minimum Gasteiger partial charge on any atom is -0.497 e. The molecule has 0 unspecified atom stereocenters. The molecule has 0 radical (unpaired) electrons. The fourth-order valence-corrected chi connectivity index (χ4v) is 5.46. The maximum absolute atomic E-state index is 12.9. The first-order chi connectivity index (χ1) is 11.2. The van der Waals surface area contributed by atoms with Crippen molar-refractivity contribution in [1.82, 2.24) is 0 Å². The monoisotopic (exact) mass is 315 g/mol. The van der Waals surface area contributed by atoms with Gasteiger partial charge in [0.2, 0.25) is 5.91 Å². The summed E-state index contributed by atoms with van der Waals surface area (Å²) in [5, 5.41) is 3.12. The Balaban J connectivity index is 1.52. The molecule has 5 rings (SSSR count). The summed E-state index contributed by atoms with van der Waals surface area (Å²) in [4.78, 5) is 12.9. The number of benzene rings is 1. The maximum atomic E-state index is 12.9. The Hall–Kier alpha value is -1.71. The van der Waals surface area contributed by atoms with Crippen molar-refractivity contribution in [3.63, 3.8) is 0 Å². The van der Waals surface area contributed by atoms with Gasteiger partial charge in [-0.3, -0.25) is 4.79 Å². The molecule has 4 aliphatic rings. The van der Waals surface area contributed by atoms with Gasteiger partial charge in [-0.1, -0.05) is 0 Å². The summed E-state index contributed by atoms with van der Waals surface area (Å²) in [6.45, 7) is 0. The molecule has 0 spiro atoms. The fraction of sp³-hybridized carbons (Fsp3) is 0.632. The largest absolute Gasteiger partial charge is 0.497 e. The van der Waals surface area contributed by atoms with Gasteiger partial charge in [0.05, 0.1) is 14.2 Å². The van der Waals surface area contributed by atoms with Crippen LogP contribution in [-0.4, -0.2) is 20.1 Å². The highest BCUT2D eigenvalue weighted by molar-refractivity contribution is 5.93. The van der Waals surface area contributed by atoms with Crippen molar-refractivity contribution in [3.05, 3.63) is 18.2 Å². The molecule has 4 heteroatoms. The van der Waals surface area contributed by atoms with E-state index in [4.69, 9.17) is 9.47 Å². The molecule has 1 amide bonds. The summed E-state index contributed by atoms with van der Waals surface area (Å²) in [6, 6.07) is 5.53. The van der Waals surface area contributed by atoms with E-state index in [2.05, 4.69) is 5.32 Å². The Labute approximate surface area is 137 Å². The van der Waals surface area contributed by atoms with Crippen LogP contribution in [0.15, 0.2) is 18.2 Å². The van der Waals surface area contributed by atoms with Crippen molar-refractivity contribution in [1.29, 1.82) is 0 Å². The molecular formula is C19H25NO3. The molecule has 1 aromatic rings. The molecule has 0 heterocycles. The van der Waals surface area contributed by atoms with E-state index in [9.17, 15) is 4.79 Å². The van der Waals surface area contributed by atoms with E-state index in [1.807, 2.05) is 18.2 Å². The van der Waals surface area contributed by atoms with Crippen LogP contribution in [0, 0.1) is 29.6 Å². The zero-order valence-electron chi connectivity index (χ0n) is 13.9. The third-order valence-corrected chi connectivity index (χ3v) is 6.15. The second-order valence-electron chi connectivity index (χ2n) is 7.55. The van der Waals surface area contributed by atoms with Gasteiger partial charge >= 0.3 is 0 Å². The number of methoxy groups -OCH3 is 2. The van der Waals surface area contributed by atoms with Crippen molar-refractivity contribution < 1.29 is 14.3 Å². The molecule has 1 N–H and O–H groups in total. The Bertz CT molecular complexity index is 562. The van der Waals surface area contributed by atoms with Crippen LogP contribution in [0.1, 0.15) is 32.1 Å². The summed E-state index contributed by atoms with van der Waals surface area (Å²) in [7, 11) is 3.25. The van der Waals surface area contributed by atoms with Gasteiger partial charge in [-0.15, -0.1) is 0 Å². The van der Waals surface area contributed by atoms with Gasteiger partial charge in [-0.25, -0.2) is 0 Å². The van der Waals surface area contributed by atoms with E-state index < -0.39 is 0 Å². The highest BCUT2D eigenvalue weighted by Crippen LogP contribution is 2.56. The number of carbonyl (C=O) groups excluding carboxylic acids is 1. The molecule has 0 aromatic heterocycles. The van der Waals surface area contributed by atoms with Crippen molar-refractivity contribution in [3.8, 4) is 11.5 Å². The molecule has 4 bridgehead atoms. The molecule has 4 fully saturated rings. The summed E-state index contributed by atoms with van der Waals surface area (Å²) in [5.41, 5.74) is 0.764. The van der Waals surface area contributed by atoms with E-state index in [0.29, 0.717) is 23.3 Å². The summed E-state index contributed by atoms with van der Waals surface area (Å²) < 4.78 is 10.6. The Morgan fingerprint density at radius 3 is 1.91 bits per heavy atom. The van der Waals surface area contributed by atoms with Gasteiger partial charge in [-0.05, 0) is 55.8 Å². The molecule has 124 valence electrons. The van der Waals surface area contributed by atoms with Crippen LogP contribution in [-0.2, 0) is 4.79 Å². The average molecular weight is 315 g/mol. The van der Waals surface area contributed by atoms with Gasteiger partial charge in [0.25, 0.3) is 0 Å². The van der Waals surface area contributed by atoms with E-state index in [-0.39, 0.29) is 11.8 Å². The van der Waals surface area contributed by atoms with Gasteiger partial charge in [0.15, 0.2) is 0 Å². The zero-order valence-corrected chi connectivity index (χ0v) is 13.9. The number of carbonyl (C=O) groups is 1. The lowest BCUT2D eigenvalue weighted by Gasteiger charge is -2.53. The smallest absolute Gasteiger partial charge is 0.228 e. The second-order valence-corrected chi connectivity index (χ2v) is 7.55. The van der Waals surface area contributed by atoms with Gasteiger partial charge in [0, 0.05) is 29.8 Å². The first-order valence-corrected chi connectivity index (χ1v) is 8.70. The van der Waals surface area contributed by atoms with Gasteiger partial charge in [0.1, 0.15) is 11.5 Å². The Morgan fingerprint density at radius 2 is 1.43 bits per heavy atom. The number of amides is 1. The number of hydrogen-bond acceptors (Lipinski definition) is 3. The van der Waals surface area contributed by atoms with Crippen molar-refractivity contribution in [2.45, 2.75) is 32.1 Å². The molecular weight excluding hydrogens is 290 g/mol. The van der Waals surface area contributed by atoms with E-state index in [1.54, 1.807) is 14.2 Å². The SMILES string of the molecule is COc1cc(NC(=O)C2C3CC4CC(C3)CC2C4)cc(OC)c1. The first kappa shape index (κ1) is 14.9. The lowest BCUT2D eigenvalue weighted by molar-refractivity contribution is -0.132.